The Kier molecular flexibility index (Phi) is 2.68. The summed E-state index contributed by atoms with van der Waals surface area (Å²) in [7, 11) is 0. The standard InChI is InChI=1S/C9H18N2/c1-4-9(3)6-5-7-10-8(2)11-9/h4,8,10-11H,1,5-7H2,2-3H3. The van der Waals surface area contributed by atoms with Gasteiger partial charge in [-0.15, -0.1) is 6.58 Å². The second-order valence-corrected chi connectivity index (χ2v) is 3.55. The number of nitrogens with one attached hydrogen (secondary N) is 2. The Labute approximate surface area is 69.1 Å². The molecule has 1 saturated heterocycles. The molecule has 11 heavy (non-hydrogen) atoms. The van der Waals surface area contributed by atoms with E-state index < -0.39 is 0 Å². The van der Waals surface area contributed by atoms with Crippen LogP contribution in [0.25, 0.3) is 0 Å². The van der Waals surface area contributed by atoms with Crippen molar-refractivity contribution >= 4 is 0 Å². The first-order valence-corrected chi connectivity index (χ1v) is 4.31. The minimum Gasteiger partial charge on any atom is -0.302 e. The summed E-state index contributed by atoms with van der Waals surface area (Å²) in [5.74, 6) is 0. The van der Waals surface area contributed by atoms with Crippen LogP contribution in [0.15, 0.2) is 12.7 Å². The summed E-state index contributed by atoms with van der Waals surface area (Å²) in [5.41, 5.74) is 0.128. The zero-order valence-corrected chi connectivity index (χ0v) is 7.48. The Balaban J connectivity index is 2.58. The second-order valence-electron chi connectivity index (χ2n) is 3.55. The van der Waals surface area contributed by atoms with E-state index >= 15 is 0 Å². The van der Waals surface area contributed by atoms with Gasteiger partial charge in [0.2, 0.25) is 0 Å². The Morgan fingerprint density at radius 1 is 1.64 bits per heavy atom. The van der Waals surface area contributed by atoms with E-state index in [1.165, 1.54) is 12.8 Å². The van der Waals surface area contributed by atoms with Crippen molar-refractivity contribution in [2.24, 2.45) is 0 Å². The van der Waals surface area contributed by atoms with Crippen LogP contribution in [0.4, 0.5) is 0 Å². The summed E-state index contributed by atoms with van der Waals surface area (Å²) >= 11 is 0. The molecule has 2 N–H and O–H groups in total. The van der Waals surface area contributed by atoms with Crippen LogP contribution in [-0.2, 0) is 0 Å². The predicted molar refractivity (Wildman–Crippen MR) is 48.4 cm³/mol. The first-order valence-electron chi connectivity index (χ1n) is 4.31. The molecule has 0 saturated carbocycles. The smallest absolute Gasteiger partial charge is 0.0549 e. The molecular weight excluding hydrogens is 136 g/mol. The minimum atomic E-state index is 0.128. The molecule has 0 amide bonds. The van der Waals surface area contributed by atoms with Gasteiger partial charge in [-0.25, -0.2) is 0 Å². The number of hydrogen-bond acceptors (Lipinski definition) is 2. The molecule has 0 aromatic heterocycles. The summed E-state index contributed by atoms with van der Waals surface area (Å²) in [5, 5.41) is 6.85. The summed E-state index contributed by atoms with van der Waals surface area (Å²) < 4.78 is 0. The molecule has 1 aliphatic heterocycles. The number of hydrogen-bond donors (Lipinski definition) is 2. The van der Waals surface area contributed by atoms with E-state index in [4.69, 9.17) is 0 Å². The van der Waals surface area contributed by atoms with Crippen molar-refractivity contribution in [3.63, 3.8) is 0 Å². The van der Waals surface area contributed by atoms with Gasteiger partial charge in [-0.2, -0.15) is 0 Å². The fraction of sp³-hybridized carbons (Fsp3) is 0.778. The van der Waals surface area contributed by atoms with E-state index in [0.29, 0.717) is 6.17 Å². The predicted octanol–water partition coefficient (Wildman–Crippen LogP) is 1.25. The molecular formula is C9H18N2. The van der Waals surface area contributed by atoms with Gasteiger partial charge in [-0.05, 0) is 33.2 Å². The monoisotopic (exact) mass is 154 g/mol. The van der Waals surface area contributed by atoms with E-state index in [2.05, 4.69) is 31.1 Å². The molecule has 0 aromatic carbocycles. The highest BCUT2D eigenvalue weighted by atomic mass is 15.2. The molecule has 0 radical (unpaired) electrons. The lowest BCUT2D eigenvalue weighted by molar-refractivity contribution is 0.370. The Bertz CT molecular complexity index is 144. The molecule has 0 aliphatic carbocycles. The largest absolute Gasteiger partial charge is 0.302 e. The molecule has 1 aliphatic rings. The molecule has 2 atom stereocenters. The van der Waals surface area contributed by atoms with E-state index in [9.17, 15) is 0 Å². The van der Waals surface area contributed by atoms with Gasteiger partial charge in [0.15, 0.2) is 0 Å². The summed E-state index contributed by atoms with van der Waals surface area (Å²) in [6.07, 6.45) is 4.81. The zero-order chi connectivity index (χ0) is 8.32. The Hall–Kier alpha value is -0.340. The van der Waals surface area contributed by atoms with E-state index in [0.717, 1.165) is 6.54 Å². The van der Waals surface area contributed by atoms with Gasteiger partial charge < -0.3 is 5.32 Å². The lowest BCUT2D eigenvalue weighted by Gasteiger charge is -2.27. The third-order valence-electron chi connectivity index (χ3n) is 2.32. The Morgan fingerprint density at radius 3 is 3.00 bits per heavy atom. The molecule has 0 spiro atoms. The normalized spacial score (nSPS) is 39.6. The average molecular weight is 154 g/mol. The lowest BCUT2D eigenvalue weighted by Crippen LogP contribution is -2.48. The first kappa shape index (κ1) is 8.75. The van der Waals surface area contributed by atoms with Crippen LogP contribution in [0.5, 0.6) is 0 Å². The topological polar surface area (TPSA) is 24.1 Å². The van der Waals surface area contributed by atoms with Crippen LogP contribution in [0.3, 0.4) is 0 Å². The Morgan fingerprint density at radius 2 is 2.36 bits per heavy atom. The van der Waals surface area contributed by atoms with Gasteiger partial charge in [-0.1, -0.05) is 6.08 Å². The molecule has 0 aromatic rings. The van der Waals surface area contributed by atoms with Crippen LogP contribution < -0.4 is 10.6 Å². The van der Waals surface area contributed by atoms with Gasteiger partial charge in [0.05, 0.1) is 6.17 Å². The fourth-order valence-corrected chi connectivity index (χ4v) is 1.55. The van der Waals surface area contributed by atoms with Crippen molar-refractivity contribution in [1.82, 2.24) is 10.6 Å². The summed E-state index contributed by atoms with van der Waals surface area (Å²) in [4.78, 5) is 0. The average Bonchev–Trinajstić information content (AvgIpc) is 2.13. The third-order valence-corrected chi connectivity index (χ3v) is 2.32. The van der Waals surface area contributed by atoms with Crippen molar-refractivity contribution < 1.29 is 0 Å². The SMILES string of the molecule is C=CC1(C)CCCNC(C)N1. The first-order chi connectivity index (χ1) is 5.16. The van der Waals surface area contributed by atoms with Crippen LogP contribution in [0, 0.1) is 0 Å². The van der Waals surface area contributed by atoms with Crippen molar-refractivity contribution in [2.75, 3.05) is 6.54 Å². The molecule has 0 bridgehead atoms. The fourth-order valence-electron chi connectivity index (χ4n) is 1.55. The minimum absolute atomic E-state index is 0.128. The lowest BCUT2D eigenvalue weighted by atomic mass is 9.96. The van der Waals surface area contributed by atoms with Gasteiger partial charge in [0.1, 0.15) is 0 Å². The molecule has 2 heteroatoms. The number of rotatable bonds is 1. The maximum Gasteiger partial charge on any atom is 0.0549 e. The van der Waals surface area contributed by atoms with Gasteiger partial charge in [0.25, 0.3) is 0 Å². The molecule has 1 heterocycles. The zero-order valence-electron chi connectivity index (χ0n) is 7.48. The van der Waals surface area contributed by atoms with Gasteiger partial charge in [-0.3, -0.25) is 5.32 Å². The van der Waals surface area contributed by atoms with Crippen molar-refractivity contribution in [1.29, 1.82) is 0 Å². The highest BCUT2D eigenvalue weighted by Crippen LogP contribution is 2.15. The van der Waals surface area contributed by atoms with Crippen LogP contribution in [-0.4, -0.2) is 18.2 Å². The van der Waals surface area contributed by atoms with Crippen molar-refractivity contribution in [3.05, 3.63) is 12.7 Å². The molecule has 64 valence electrons. The van der Waals surface area contributed by atoms with Crippen LogP contribution >= 0.6 is 0 Å². The van der Waals surface area contributed by atoms with Crippen LogP contribution in [0.1, 0.15) is 26.7 Å². The van der Waals surface area contributed by atoms with Crippen LogP contribution in [0.2, 0.25) is 0 Å². The van der Waals surface area contributed by atoms with Crippen molar-refractivity contribution in [3.8, 4) is 0 Å². The van der Waals surface area contributed by atoms with E-state index in [1.807, 2.05) is 6.08 Å². The summed E-state index contributed by atoms with van der Waals surface area (Å²) in [6.45, 7) is 9.29. The van der Waals surface area contributed by atoms with Crippen molar-refractivity contribution in [2.45, 2.75) is 38.4 Å². The third kappa shape index (κ3) is 2.31. The van der Waals surface area contributed by atoms with E-state index in [1.54, 1.807) is 0 Å². The quantitative estimate of drug-likeness (QED) is 0.555. The maximum atomic E-state index is 3.84. The van der Waals surface area contributed by atoms with Gasteiger partial charge >= 0.3 is 0 Å². The molecule has 1 fully saturated rings. The second kappa shape index (κ2) is 3.37. The highest BCUT2D eigenvalue weighted by molar-refractivity contribution is 5.01. The molecule has 2 unspecified atom stereocenters. The summed E-state index contributed by atoms with van der Waals surface area (Å²) in [6, 6.07) is 0. The van der Waals surface area contributed by atoms with E-state index in [-0.39, 0.29) is 5.54 Å². The molecule has 1 rings (SSSR count). The highest BCUT2D eigenvalue weighted by Gasteiger charge is 2.23. The molecule has 2 nitrogen and oxygen atoms in total. The maximum absolute atomic E-state index is 3.84. The van der Waals surface area contributed by atoms with Gasteiger partial charge in [0, 0.05) is 5.54 Å².